The second kappa shape index (κ2) is 7.40. The number of hydrogen-bond acceptors (Lipinski definition) is 4. The van der Waals surface area contributed by atoms with Crippen LogP contribution in [0.2, 0.25) is 5.02 Å². The molecule has 5 nitrogen and oxygen atoms in total. The van der Waals surface area contributed by atoms with E-state index in [0.717, 1.165) is 5.69 Å². The Bertz CT molecular complexity index is 644. The summed E-state index contributed by atoms with van der Waals surface area (Å²) >= 11 is 5.97. The average Bonchev–Trinajstić information content (AvgIpc) is 2.52. The van der Waals surface area contributed by atoms with Crippen LogP contribution in [0.15, 0.2) is 53.7 Å². The molecular formula is C15H14ClN3O2. The average molecular weight is 304 g/mol. The first-order valence-electron chi connectivity index (χ1n) is 6.25. The fourth-order valence-electron chi connectivity index (χ4n) is 1.61. The molecule has 0 unspecified atom stereocenters. The van der Waals surface area contributed by atoms with Gasteiger partial charge >= 0.3 is 0 Å². The van der Waals surface area contributed by atoms with Crippen molar-refractivity contribution in [3.63, 3.8) is 0 Å². The minimum atomic E-state index is -0.373. The van der Waals surface area contributed by atoms with Crippen molar-refractivity contribution in [3.05, 3.63) is 64.9 Å². The number of nitrogens with zero attached hydrogens (tertiary/aromatic N) is 2. The van der Waals surface area contributed by atoms with Crippen molar-refractivity contribution >= 4 is 23.5 Å². The van der Waals surface area contributed by atoms with Crippen molar-refractivity contribution in [1.82, 2.24) is 10.3 Å². The van der Waals surface area contributed by atoms with Crippen molar-refractivity contribution in [1.29, 1.82) is 0 Å². The summed E-state index contributed by atoms with van der Waals surface area (Å²) in [6.07, 6.45) is 1.68. The Hall–Kier alpha value is -2.40. The molecule has 0 aliphatic carbocycles. The fourth-order valence-corrected chi connectivity index (χ4v) is 1.83. The van der Waals surface area contributed by atoms with Crippen molar-refractivity contribution in [3.8, 4) is 0 Å². The van der Waals surface area contributed by atoms with E-state index in [-0.39, 0.29) is 11.9 Å². The summed E-state index contributed by atoms with van der Waals surface area (Å²) in [5.74, 6) is -0.373. The zero-order valence-corrected chi connectivity index (χ0v) is 12.2. The van der Waals surface area contributed by atoms with Gasteiger partial charge in [0.25, 0.3) is 11.9 Å². The molecule has 108 valence electrons. The van der Waals surface area contributed by atoms with Gasteiger partial charge in [0.15, 0.2) is 0 Å². The minimum absolute atomic E-state index is 0.116. The van der Waals surface area contributed by atoms with Gasteiger partial charge in [-0.15, -0.1) is 0 Å². The number of halogens is 1. The molecule has 0 spiro atoms. The molecule has 1 N–H and O–H groups in total. The third-order valence-electron chi connectivity index (χ3n) is 2.64. The summed E-state index contributed by atoms with van der Waals surface area (Å²) in [7, 11) is 1.43. The van der Waals surface area contributed by atoms with Crippen molar-refractivity contribution in [2.75, 3.05) is 7.11 Å². The van der Waals surface area contributed by atoms with E-state index in [9.17, 15) is 4.79 Å². The van der Waals surface area contributed by atoms with Gasteiger partial charge < -0.3 is 4.74 Å². The lowest BCUT2D eigenvalue weighted by atomic mass is 10.2. The van der Waals surface area contributed by atoms with E-state index in [4.69, 9.17) is 16.3 Å². The molecular weight excluding hydrogens is 290 g/mol. The number of hydrogen-bond donors (Lipinski definition) is 1. The molecule has 0 bridgehead atoms. The van der Waals surface area contributed by atoms with Crippen LogP contribution in [0.1, 0.15) is 16.1 Å². The number of ether oxygens (including phenoxy) is 1. The molecule has 0 aliphatic rings. The number of pyridine rings is 1. The monoisotopic (exact) mass is 303 g/mol. The molecule has 6 heteroatoms. The van der Waals surface area contributed by atoms with Gasteiger partial charge in [0.2, 0.25) is 0 Å². The van der Waals surface area contributed by atoms with Crippen molar-refractivity contribution in [2.24, 2.45) is 4.99 Å². The van der Waals surface area contributed by atoms with E-state index in [0.29, 0.717) is 17.1 Å². The SMILES string of the molecule is COC(=NCc1ccccn1)NC(=O)c1ccccc1Cl. The molecule has 1 amide bonds. The Balaban J connectivity index is 2.05. The highest BCUT2D eigenvalue weighted by Crippen LogP contribution is 2.14. The molecule has 0 radical (unpaired) electrons. The zero-order valence-electron chi connectivity index (χ0n) is 11.4. The number of aromatic nitrogens is 1. The van der Waals surface area contributed by atoms with E-state index in [1.54, 1.807) is 30.5 Å². The Morgan fingerprint density at radius 3 is 2.71 bits per heavy atom. The fraction of sp³-hybridized carbons (Fsp3) is 0.133. The van der Waals surface area contributed by atoms with Crippen LogP contribution in [-0.2, 0) is 11.3 Å². The number of nitrogens with one attached hydrogen (secondary N) is 1. The van der Waals surface area contributed by atoms with Crippen LogP contribution in [0.25, 0.3) is 0 Å². The molecule has 0 atom stereocenters. The third kappa shape index (κ3) is 4.29. The summed E-state index contributed by atoms with van der Waals surface area (Å²) in [5.41, 5.74) is 1.14. The van der Waals surface area contributed by atoms with E-state index in [1.165, 1.54) is 7.11 Å². The summed E-state index contributed by atoms with van der Waals surface area (Å²) in [6.45, 7) is 0.312. The van der Waals surface area contributed by atoms with E-state index in [1.807, 2.05) is 18.2 Å². The molecule has 2 rings (SSSR count). The molecule has 0 saturated carbocycles. The Labute approximate surface area is 127 Å². The maximum absolute atomic E-state index is 12.1. The van der Waals surface area contributed by atoms with Gasteiger partial charge in [-0.05, 0) is 24.3 Å². The van der Waals surface area contributed by atoms with Crippen LogP contribution in [0, 0.1) is 0 Å². The largest absolute Gasteiger partial charge is 0.468 e. The highest BCUT2D eigenvalue weighted by molar-refractivity contribution is 6.34. The standard InChI is InChI=1S/C15H14ClN3O2/c1-21-15(18-10-11-6-4-5-9-17-11)19-14(20)12-7-2-3-8-13(12)16/h2-9H,10H2,1H3,(H,18,19,20). The zero-order chi connectivity index (χ0) is 15.1. The van der Waals surface area contributed by atoms with Crippen LogP contribution >= 0.6 is 11.6 Å². The van der Waals surface area contributed by atoms with Crippen LogP contribution < -0.4 is 5.32 Å². The van der Waals surface area contributed by atoms with Gasteiger partial charge in [-0.2, -0.15) is 0 Å². The maximum atomic E-state index is 12.1. The highest BCUT2D eigenvalue weighted by atomic mass is 35.5. The van der Waals surface area contributed by atoms with E-state index in [2.05, 4.69) is 15.3 Å². The maximum Gasteiger partial charge on any atom is 0.291 e. The van der Waals surface area contributed by atoms with Gasteiger partial charge in [0.1, 0.15) is 0 Å². The summed E-state index contributed by atoms with van der Waals surface area (Å²) in [5, 5.41) is 2.94. The smallest absolute Gasteiger partial charge is 0.291 e. The lowest BCUT2D eigenvalue weighted by Crippen LogP contribution is -2.32. The number of amidine groups is 1. The lowest BCUT2D eigenvalue weighted by molar-refractivity contribution is 0.0968. The van der Waals surface area contributed by atoms with Crippen LogP contribution in [0.5, 0.6) is 0 Å². The topological polar surface area (TPSA) is 63.6 Å². The number of methoxy groups -OCH3 is 1. The van der Waals surface area contributed by atoms with Gasteiger partial charge in [0.05, 0.1) is 29.9 Å². The number of rotatable bonds is 3. The van der Waals surface area contributed by atoms with Gasteiger partial charge in [0, 0.05) is 6.20 Å². The summed E-state index contributed by atoms with van der Waals surface area (Å²) < 4.78 is 5.05. The van der Waals surface area contributed by atoms with Gasteiger partial charge in [-0.25, -0.2) is 4.99 Å². The van der Waals surface area contributed by atoms with Crippen molar-refractivity contribution < 1.29 is 9.53 Å². The Morgan fingerprint density at radius 2 is 2.05 bits per heavy atom. The molecule has 1 heterocycles. The molecule has 2 aromatic rings. The molecule has 0 saturated heterocycles. The van der Waals surface area contributed by atoms with E-state index >= 15 is 0 Å². The molecule has 1 aromatic heterocycles. The Morgan fingerprint density at radius 1 is 1.29 bits per heavy atom. The summed E-state index contributed by atoms with van der Waals surface area (Å²) in [4.78, 5) is 20.4. The molecule has 0 fully saturated rings. The van der Waals surface area contributed by atoms with E-state index < -0.39 is 0 Å². The van der Waals surface area contributed by atoms with Crippen LogP contribution in [0.4, 0.5) is 0 Å². The van der Waals surface area contributed by atoms with Crippen LogP contribution in [0.3, 0.4) is 0 Å². The normalized spacial score (nSPS) is 11.0. The highest BCUT2D eigenvalue weighted by Gasteiger charge is 2.12. The predicted octanol–water partition coefficient (Wildman–Crippen LogP) is 2.67. The number of aliphatic imine (C=N–C) groups is 1. The first-order chi connectivity index (χ1) is 10.2. The molecule has 0 aliphatic heterocycles. The quantitative estimate of drug-likeness (QED) is 0.700. The Kier molecular flexibility index (Phi) is 5.29. The second-order valence-electron chi connectivity index (χ2n) is 4.08. The van der Waals surface area contributed by atoms with Crippen LogP contribution in [-0.4, -0.2) is 24.0 Å². The van der Waals surface area contributed by atoms with Gasteiger partial charge in [-0.3, -0.25) is 15.1 Å². The third-order valence-corrected chi connectivity index (χ3v) is 2.97. The molecule has 21 heavy (non-hydrogen) atoms. The molecule has 1 aromatic carbocycles. The lowest BCUT2D eigenvalue weighted by Gasteiger charge is -2.08. The minimum Gasteiger partial charge on any atom is -0.468 e. The number of carbonyl (C=O) groups is 1. The van der Waals surface area contributed by atoms with Crippen molar-refractivity contribution in [2.45, 2.75) is 6.54 Å². The first kappa shape index (κ1) is 15.0. The number of carbonyl (C=O) groups excluding carboxylic acids is 1. The predicted molar refractivity (Wildman–Crippen MR) is 81.3 cm³/mol. The second-order valence-corrected chi connectivity index (χ2v) is 4.49. The first-order valence-corrected chi connectivity index (χ1v) is 6.62. The van der Waals surface area contributed by atoms with Gasteiger partial charge in [-0.1, -0.05) is 29.8 Å². The number of benzene rings is 1. The summed E-state index contributed by atoms with van der Waals surface area (Å²) in [6, 6.07) is 12.4. The number of amides is 1.